The first-order valence-corrected chi connectivity index (χ1v) is 21.9. The second-order valence-electron chi connectivity index (χ2n) is 16.1. The minimum absolute atomic E-state index is 0.774. The van der Waals surface area contributed by atoms with Crippen LogP contribution < -0.4 is 4.90 Å². The molecule has 292 valence electrons. The quantitative estimate of drug-likeness (QED) is 0.182. The Morgan fingerprint density at radius 2 is 1.32 bits per heavy atom. The lowest BCUT2D eigenvalue weighted by atomic mass is 9.82. The number of fused-ring (bicyclic) bond motifs is 6. The van der Waals surface area contributed by atoms with Crippen LogP contribution >= 0.6 is 11.3 Å². The van der Waals surface area contributed by atoms with Gasteiger partial charge in [0, 0.05) is 88.6 Å². The average Bonchev–Trinajstić information content (AvgIpc) is 4.15. The van der Waals surface area contributed by atoms with E-state index in [0.717, 1.165) is 118 Å². The van der Waals surface area contributed by atoms with Gasteiger partial charge >= 0.3 is 0 Å². The number of rotatable bonds is 6. The Kier molecular flexibility index (Phi) is 7.84. The van der Waals surface area contributed by atoms with Crippen molar-refractivity contribution in [2.45, 2.75) is 6.42 Å². The summed E-state index contributed by atoms with van der Waals surface area (Å²) in [6.45, 7) is 0.797. The second-order valence-corrected chi connectivity index (χ2v) is 17.2. The van der Waals surface area contributed by atoms with Crippen LogP contribution in [0.15, 0.2) is 193 Å². The molecule has 0 spiro atoms. The van der Waals surface area contributed by atoms with Gasteiger partial charge in [0.15, 0.2) is 0 Å². The van der Waals surface area contributed by atoms with Crippen LogP contribution in [0.2, 0.25) is 0 Å². The van der Waals surface area contributed by atoms with E-state index in [1.54, 1.807) is 0 Å². The molecule has 13 rings (SSSR count). The van der Waals surface area contributed by atoms with E-state index < -0.39 is 0 Å². The molecule has 62 heavy (non-hydrogen) atoms. The number of thiophene rings is 1. The molecule has 0 radical (unpaired) electrons. The summed E-state index contributed by atoms with van der Waals surface area (Å²) in [5.41, 5.74) is 14.4. The number of benzene rings is 7. The predicted octanol–water partition coefficient (Wildman–Crippen LogP) is 15.3. The Bertz CT molecular complexity index is 3640. The molecule has 1 aliphatic heterocycles. The number of nitrogens with zero attached hydrogens (tertiary/aromatic N) is 3. The maximum atomic E-state index is 7.13. The van der Waals surface area contributed by atoms with E-state index in [1.807, 2.05) is 23.6 Å². The molecule has 0 unspecified atom stereocenters. The second kappa shape index (κ2) is 13.9. The number of para-hydroxylation sites is 4. The molecule has 0 atom stereocenters. The molecule has 1 N–H and O–H groups in total. The zero-order valence-corrected chi connectivity index (χ0v) is 34.3. The van der Waals surface area contributed by atoms with Gasteiger partial charge in [-0.05, 0) is 83.4 Å². The number of furan rings is 1. The fraction of sp³-hybridized carbons (Fsp3) is 0.0357. The van der Waals surface area contributed by atoms with E-state index >= 15 is 0 Å². The molecule has 5 nitrogen and oxygen atoms in total. The zero-order chi connectivity index (χ0) is 40.7. The summed E-state index contributed by atoms with van der Waals surface area (Å²) < 4.78 is 8.35. The van der Waals surface area contributed by atoms with Crippen molar-refractivity contribution in [1.82, 2.24) is 15.0 Å². The standard InChI is InChI=1S/C56H36N4OS/c1-7-19-40-34(13-1)27-29-57-55(40)54-50(43-26-25-35-14-2-8-20-41(35)58-43)56(60-30-28-36-15-4-10-22-45(36)60)51(44-31-37-16-3-9-21-42(37)59-44)53(49-33-39-18-6-12-24-48(39)62-49)52(54)47-32-38-17-5-11-23-46(38)61-47/h1-27,29,31-33,59H,28,30H2. The third kappa shape index (κ3) is 5.47. The third-order valence-corrected chi connectivity index (χ3v) is 13.7. The van der Waals surface area contributed by atoms with Gasteiger partial charge in [0.25, 0.3) is 0 Å². The summed E-state index contributed by atoms with van der Waals surface area (Å²) in [4.78, 5) is 18.7. The number of nitrogens with one attached hydrogen (secondary N) is 1. The van der Waals surface area contributed by atoms with Gasteiger partial charge in [0.05, 0.1) is 22.6 Å². The maximum absolute atomic E-state index is 7.13. The van der Waals surface area contributed by atoms with Crippen LogP contribution in [0.25, 0.3) is 109 Å². The largest absolute Gasteiger partial charge is 0.456 e. The Morgan fingerprint density at radius 3 is 2.21 bits per heavy atom. The predicted molar refractivity (Wildman–Crippen MR) is 258 cm³/mol. The van der Waals surface area contributed by atoms with Crippen LogP contribution in [0.3, 0.4) is 0 Å². The minimum atomic E-state index is 0.774. The fourth-order valence-electron chi connectivity index (χ4n) is 9.76. The van der Waals surface area contributed by atoms with E-state index in [4.69, 9.17) is 14.4 Å². The highest BCUT2D eigenvalue weighted by Crippen LogP contribution is 2.59. The Balaban J connectivity index is 1.32. The molecule has 0 amide bonds. The van der Waals surface area contributed by atoms with Gasteiger partial charge in [0.1, 0.15) is 11.3 Å². The highest BCUT2D eigenvalue weighted by molar-refractivity contribution is 7.22. The molecule has 1 aliphatic rings. The first-order chi connectivity index (χ1) is 30.7. The van der Waals surface area contributed by atoms with Gasteiger partial charge in [-0.1, -0.05) is 121 Å². The van der Waals surface area contributed by atoms with Gasteiger partial charge in [-0.3, -0.25) is 4.98 Å². The summed E-state index contributed by atoms with van der Waals surface area (Å²) in [6.07, 6.45) is 2.87. The number of hydrogen-bond acceptors (Lipinski definition) is 5. The molecule has 0 bridgehead atoms. The maximum Gasteiger partial charge on any atom is 0.136 e. The van der Waals surface area contributed by atoms with Gasteiger partial charge < -0.3 is 14.3 Å². The zero-order valence-electron chi connectivity index (χ0n) is 33.5. The van der Waals surface area contributed by atoms with Gasteiger partial charge in [-0.15, -0.1) is 11.3 Å². The number of pyridine rings is 2. The van der Waals surface area contributed by atoms with Crippen LogP contribution in [-0.2, 0) is 6.42 Å². The molecule has 5 aromatic heterocycles. The molecular formula is C56H36N4OS. The van der Waals surface area contributed by atoms with Crippen LogP contribution in [0.4, 0.5) is 11.4 Å². The van der Waals surface area contributed by atoms with E-state index in [0.29, 0.717) is 0 Å². The van der Waals surface area contributed by atoms with E-state index in [2.05, 4.69) is 186 Å². The monoisotopic (exact) mass is 812 g/mol. The lowest BCUT2D eigenvalue weighted by molar-refractivity contribution is 0.632. The van der Waals surface area contributed by atoms with Crippen LogP contribution in [0, 0.1) is 0 Å². The van der Waals surface area contributed by atoms with E-state index in [-0.39, 0.29) is 0 Å². The van der Waals surface area contributed by atoms with Crippen LogP contribution in [0.5, 0.6) is 0 Å². The normalized spacial score (nSPS) is 12.7. The fourth-order valence-corrected chi connectivity index (χ4v) is 10.9. The van der Waals surface area contributed by atoms with Crippen molar-refractivity contribution >= 4 is 76.3 Å². The van der Waals surface area contributed by atoms with Gasteiger partial charge in [-0.2, -0.15) is 0 Å². The van der Waals surface area contributed by atoms with E-state index in [1.165, 1.54) is 21.3 Å². The summed E-state index contributed by atoms with van der Waals surface area (Å²) in [6, 6.07) is 64.9. The molecule has 0 aliphatic carbocycles. The molecule has 0 saturated carbocycles. The highest BCUT2D eigenvalue weighted by atomic mass is 32.1. The lowest BCUT2D eigenvalue weighted by Crippen LogP contribution is -2.17. The number of hydrogen-bond donors (Lipinski definition) is 1. The molecule has 0 fully saturated rings. The van der Waals surface area contributed by atoms with Crippen molar-refractivity contribution in [3.63, 3.8) is 0 Å². The summed E-state index contributed by atoms with van der Waals surface area (Å²) in [5.74, 6) is 0.774. The average molecular weight is 813 g/mol. The van der Waals surface area contributed by atoms with Gasteiger partial charge in [0.2, 0.25) is 0 Å². The first-order valence-electron chi connectivity index (χ1n) is 21.1. The van der Waals surface area contributed by atoms with Crippen LogP contribution in [-0.4, -0.2) is 21.5 Å². The summed E-state index contributed by atoms with van der Waals surface area (Å²) >= 11 is 1.82. The van der Waals surface area contributed by atoms with Crippen molar-refractivity contribution < 1.29 is 4.42 Å². The SMILES string of the molecule is c1ccc2c(c1)CCN2c1c(-c2ccc3ccccc3n2)c(-c2nccc3ccccc23)c(-c2cc3ccccc3o2)c(-c2cc3ccccc3s2)c1-c1cc2ccccc2[nH]1. The Morgan fingerprint density at radius 1 is 0.565 bits per heavy atom. The lowest BCUT2D eigenvalue weighted by Gasteiger charge is -2.31. The Hall–Kier alpha value is -7.80. The molecule has 6 heteroatoms. The summed E-state index contributed by atoms with van der Waals surface area (Å²) in [7, 11) is 0. The van der Waals surface area contributed by atoms with Crippen molar-refractivity contribution in [3.8, 4) is 55.5 Å². The summed E-state index contributed by atoms with van der Waals surface area (Å²) in [5, 5.41) is 6.64. The molecule has 7 aromatic carbocycles. The van der Waals surface area contributed by atoms with Crippen molar-refractivity contribution in [2.24, 2.45) is 0 Å². The molecule has 12 aromatic rings. The number of H-pyrrole nitrogens is 1. The topological polar surface area (TPSA) is 58.0 Å². The highest BCUT2D eigenvalue weighted by Gasteiger charge is 2.36. The van der Waals surface area contributed by atoms with E-state index in [9.17, 15) is 0 Å². The number of anilines is 2. The molecule has 6 heterocycles. The van der Waals surface area contributed by atoms with Gasteiger partial charge in [-0.25, -0.2) is 4.98 Å². The Labute approximate surface area is 361 Å². The minimum Gasteiger partial charge on any atom is -0.456 e. The number of aromatic amines is 1. The van der Waals surface area contributed by atoms with Crippen molar-refractivity contribution in [1.29, 1.82) is 0 Å². The van der Waals surface area contributed by atoms with Crippen molar-refractivity contribution in [2.75, 3.05) is 11.4 Å². The molecular weight excluding hydrogens is 777 g/mol. The first kappa shape index (κ1) is 35.0. The smallest absolute Gasteiger partial charge is 0.136 e. The molecule has 0 saturated heterocycles. The van der Waals surface area contributed by atoms with Crippen LogP contribution in [0.1, 0.15) is 5.56 Å². The number of aromatic nitrogens is 3. The van der Waals surface area contributed by atoms with Crippen molar-refractivity contribution in [3.05, 3.63) is 194 Å². The third-order valence-electron chi connectivity index (χ3n) is 12.5.